The van der Waals surface area contributed by atoms with Crippen molar-refractivity contribution in [2.45, 2.75) is 33.5 Å². The Balaban J connectivity index is 1.87. The number of rotatable bonds is 4. The highest BCUT2D eigenvalue weighted by atomic mass is 16.7. The number of hydrogen-bond donors (Lipinski definition) is 0. The van der Waals surface area contributed by atoms with Crippen molar-refractivity contribution in [1.29, 1.82) is 0 Å². The molecule has 94 valence electrons. The average Bonchev–Trinajstić information content (AvgIpc) is 2.78. The van der Waals surface area contributed by atoms with Crippen LogP contribution < -0.4 is 4.74 Å². The Kier molecular flexibility index (Phi) is 4.02. The minimum Gasteiger partial charge on any atom is -0.493 e. The normalized spacial score (nSPS) is 16.4. The van der Waals surface area contributed by atoms with Crippen LogP contribution in [0.1, 0.15) is 23.1 Å². The quantitative estimate of drug-likeness (QED) is 0.804. The van der Waals surface area contributed by atoms with Gasteiger partial charge >= 0.3 is 0 Å². The van der Waals surface area contributed by atoms with Gasteiger partial charge in [-0.1, -0.05) is 6.07 Å². The zero-order valence-corrected chi connectivity index (χ0v) is 10.8. The summed E-state index contributed by atoms with van der Waals surface area (Å²) < 4.78 is 16.5. The molecule has 0 amide bonds. The van der Waals surface area contributed by atoms with Gasteiger partial charge in [0.2, 0.25) is 0 Å². The minimum absolute atomic E-state index is 0.0816. The summed E-state index contributed by atoms with van der Waals surface area (Å²) in [6, 6.07) is 4.26. The van der Waals surface area contributed by atoms with Crippen molar-refractivity contribution in [3.8, 4) is 5.75 Å². The molecule has 0 aromatic heterocycles. The first-order valence-electron chi connectivity index (χ1n) is 6.10. The Morgan fingerprint density at radius 2 is 1.71 bits per heavy atom. The van der Waals surface area contributed by atoms with E-state index in [2.05, 4.69) is 32.9 Å². The van der Waals surface area contributed by atoms with Crippen LogP contribution in [0.5, 0.6) is 5.75 Å². The van der Waals surface area contributed by atoms with Gasteiger partial charge < -0.3 is 14.2 Å². The number of aryl methyl sites for hydroxylation is 3. The molecule has 1 aliphatic heterocycles. The zero-order valence-electron chi connectivity index (χ0n) is 10.8. The van der Waals surface area contributed by atoms with Gasteiger partial charge in [-0.25, -0.2) is 0 Å². The summed E-state index contributed by atoms with van der Waals surface area (Å²) in [5.74, 6) is 0.964. The molecule has 1 aromatic carbocycles. The fourth-order valence-electron chi connectivity index (χ4n) is 1.93. The van der Waals surface area contributed by atoms with E-state index in [-0.39, 0.29) is 6.29 Å². The van der Waals surface area contributed by atoms with Crippen molar-refractivity contribution in [2.24, 2.45) is 0 Å². The van der Waals surface area contributed by atoms with E-state index in [1.54, 1.807) is 0 Å². The van der Waals surface area contributed by atoms with Gasteiger partial charge in [0.15, 0.2) is 6.29 Å². The maximum Gasteiger partial charge on any atom is 0.161 e. The van der Waals surface area contributed by atoms with Gasteiger partial charge in [-0.15, -0.1) is 0 Å². The van der Waals surface area contributed by atoms with Crippen LogP contribution in [0.2, 0.25) is 0 Å². The summed E-state index contributed by atoms with van der Waals surface area (Å²) in [5, 5.41) is 0. The summed E-state index contributed by atoms with van der Waals surface area (Å²) in [4.78, 5) is 0. The summed E-state index contributed by atoms with van der Waals surface area (Å²) >= 11 is 0. The highest BCUT2D eigenvalue weighted by molar-refractivity contribution is 5.40. The van der Waals surface area contributed by atoms with Gasteiger partial charge in [0.1, 0.15) is 5.75 Å². The Labute approximate surface area is 103 Å². The molecule has 1 aliphatic rings. The van der Waals surface area contributed by atoms with Gasteiger partial charge in [0.05, 0.1) is 19.8 Å². The van der Waals surface area contributed by atoms with E-state index in [0.29, 0.717) is 19.8 Å². The highest BCUT2D eigenvalue weighted by Gasteiger charge is 2.15. The Bertz CT molecular complexity index is 381. The van der Waals surface area contributed by atoms with Crippen molar-refractivity contribution < 1.29 is 14.2 Å². The van der Waals surface area contributed by atoms with E-state index in [1.165, 1.54) is 16.7 Å². The lowest BCUT2D eigenvalue weighted by atomic mass is 10.1. The van der Waals surface area contributed by atoms with Gasteiger partial charge in [0.25, 0.3) is 0 Å². The molecule has 0 aliphatic carbocycles. The van der Waals surface area contributed by atoms with Crippen LogP contribution in [0.3, 0.4) is 0 Å². The lowest BCUT2D eigenvalue weighted by Crippen LogP contribution is -2.13. The molecule has 3 heteroatoms. The summed E-state index contributed by atoms with van der Waals surface area (Å²) in [7, 11) is 0. The van der Waals surface area contributed by atoms with Crippen LogP contribution in [0.15, 0.2) is 12.1 Å². The molecule has 0 N–H and O–H groups in total. The molecule has 17 heavy (non-hydrogen) atoms. The van der Waals surface area contributed by atoms with Crippen LogP contribution in [0.25, 0.3) is 0 Å². The third-order valence-electron chi connectivity index (χ3n) is 3.09. The molecule has 0 radical (unpaired) electrons. The van der Waals surface area contributed by atoms with E-state index in [4.69, 9.17) is 14.2 Å². The second-order valence-corrected chi connectivity index (χ2v) is 4.51. The van der Waals surface area contributed by atoms with E-state index in [1.807, 2.05) is 0 Å². The maximum absolute atomic E-state index is 5.77. The van der Waals surface area contributed by atoms with Crippen molar-refractivity contribution in [1.82, 2.24) is 0 Å². The smallest absolute Gasteiger partial charge is 0.161 e. The monoisotopic (exact) mass is 236 g/mol. The first kappa shape index (κ1) is 12.4. The molecular formula is C14H20O3. The third-order valence-corrected chi connectivity index (χ3v) is 3.09. The lowest BCUT2D eigenvalue weighted by molar-refractivity contribution is -0.0531. The Hall–Kier alpha value is -1.06. The molecule has 1 fully saturated rings. The van der Waals surface area contributed by atoms with E-state index in [9.17, 15) is 0 Å². The molecule has 1 aromatic rings. The topological polar surface area (TPSA) is 27.7 Å². The number of benzene rings is 1. The van der Waals surface area contributed by atoms with E-state index in [0.717, 1.165) is 12.2 Å². The Morgan fingerprint density at radius 3 is 2.41 bits per heavy atom. The van der Waals surface area contributed by atoms with Crippen LogP contribution >= 0.6 is 0 Å². The van der Waals surface area contributed by atoms with Gasteiger partial charge in [-0.2, -0.15) is 0 Å². The van der Waals surface area contributed by atoms with E-state index < -0.39 is 0 Å². The molecule has 0 atom stereocenters. The van der Waals surface area contributed by atoms with Crippen molar-refractivity contribution in [3.05, 3.63) is 28.8 Å². The standard InChI is InChI=1S/C14H20O3/c1-10-8-12(3)13(9-11(10)2)15-5-4-14-16-6-7-17-14/h8-9,14H,4-7H2,1-3H3. The SMILES string of the molecule is Cc1cc(C)c(OCCC2OCCO2)cc1C. The van der Waals surface area contributed by atoms with Crippen molar-refractivity contribution in [3.63, 3.8) is 0 Å². The fraction of sp³-hybridized carbons (Fsp3) is 0.571. The van der Waals surface area contributed by atoms with Crippen molar-refractivity contribution >= 4 is 0 Å². The minimum atomic E-state index is -0.0816. The van der Waals surface area contributed by atoms with Gasteiger partial charge in [0, 0.05) is 6.42 Å². The molecule has 0 unspecified atom stereocenters. The highest BCUT2D eigenvalue weighted by Crippen LogP contribution is 2.22. The fourth-order valence-corrected chi connectivity index (χ4v) is 1.93. The predicted molar refractivity (Wildman–Crippen MR) is 66.5 cm³/mol. The average molecular weight is 236 g/mol. The largest absolute Gasteiger partial charge is 0.493 e. The van der Waals surface area contributed by atoms with Crippen molar-refractivity contribution in [2.75, 3.05) is 19.8 Å². The number of hydrogen-bond acceptors (Lipinski definition) is 3. The summed E-state index contributed by atoms with van der Waals surface area (Å²) in [5.41, 5.74) is 3.75. The summed E-state index contributed by atoms with van der Waals surface area (Å²) in [6.45, 7) is 8.33. The molecule has 0 saturated carbocycles. The molecule has 1 saturated heterocycles. The van der Waals surface area contributed by atoms with Gasteiger partial charge in [-0.05, 0) is 43.5 Å². The van der Waals surface area contributed by atoms with Crippen LogP contribution in [0.4, 0.5) is 0 Å². The molecule has 2 rings (SSSR count). The molecule has 3 nitrogen and oxygen atoms in total. The van der Waals surface area contributed by atoms with Gasteiger partial charge in [-0.3, -0.25) is 0 Å². The first-order valence-corrected chi connectivity index (χ1v) is 6.10. The third kappa shape index (κ3) is 3.20. The maximum atomic E-state index is 5.77. The van der Waals surface area contributed by atoms with Crippen LogP contribution in [0, 0.1) is 20.8 Å². The predicted octanol–water partition coefficient (Wildman–Crippen LogP) is 2.75. The number of ether oxygens (including phenoxy) is 3. The molecular weight excluding hydrogens is 216 g/mol. The summed E-state index contributed by atoms with van der Waals surface area (Å²) in [6.07, 6.45) is 0.702. The lowest BCUT2D eigenvalue weighted by Gasteiger charge is -2.13. The molecule has 0 spiro atoms. The van der Waals surface area contributed by atoms with Crippen LogP contribution in [-0.2, 0) is 9.47 Å². The molecule has 1 heterocycles. The molecule has 0 bridgehead atoms. The van der Waals surface area contributed by atoms with Crippen LogP contribution in [-0.4, -0.2) is 26.1 Å². The second-order valence-electron chi connectivity index (χ2n) is 4.51. The Morgan fingerprint density at radius 1 is 1.06 bits per heavy atom. The first-order chi connectivity index (χ1) is 8.16. The second kappa shape index (κ2) is 5.52. The zero-order chi connectivity index (χ0) is 12.3. The van der Waals surface area contributed by atoms with E-state index >= 15 is 0 Å².